The smallest absolute Gasteiger partial charge is 0.358 e. The van der Waals surface area contributed by atoms with Crippen LogP contribution in [0.5, 0.6) is 0 Å². The van der Waals surface area contributed by atoms with Crippen LogP contribution < -0.4 is 10.6 Å². The molecule has 0 spiro atoms. The molecule has 0 aliphatic heterocycles. The molecule has 0 bridgehead atoms. The molecule has 0 unspecified atom stereocenters. The Morgan fingerprint density at radius 3 is 2.65 bits per heavy atom. The number of ether oxygens (including phenoxy) is 1. The Morgan fingerprint density at radius 2 is 1.97 bits per heavy atom. The summed E-state index contributed by atoms with van der Waals surface area (Å²) in [7, 11) is 0. The molecule has 2 amide bonds. The lowest BCUT2D eigenvalue weighted by Gasteiger charge is -2.08. The topological polar surface area (TPSA) is 124 Å². The summed E-state index contributed by atoms with van der Waals surface area (Å²) < 4.78 is 11.7. The van der Waals surface area contributed by atoms with E-state index in [9.17, 15) is 9.59 Å². The lowest BCUT2D eigenvalue weighted by Crippen LogP contribution is -2.29. The summed E-state index contributed by atoms with van der Waals surface area (Å²) in [5.41, 5.74) is 1.63. The lowest BCUT2D eigenvalue weighted by molar-refractivity contribution is 0.0519. The van der Waals surface area contributed by atoms with Crippen LogP contribution in [0.4, 0.5) is 10.5 Å². The molecule has 0 atom stereocenters. The Hall–Kier alpha value is -3.69. The van der Waals surface area contributed by atoms with E-state index < -0.39 is 5.97 Å². The lowest BCUT2D eigenvalue weighted by atomic mass is 10.2. The Morgan fingerprint density at radius 1 is 1.19 bits per heavy atom. The minimum Gasteiger partial charge on any atom is -0.461 e. The zero-order valence-electron chi connectivity index (χ0n) is 17.8. The largest absolute Gasteiger partial charge is 0.461 e. The fraction of sp³-hybridized carbons (Fsp3) is 0.381. The van der Waals surface area contributed by atoms with Gasteiger partial charge in [-0.25, -0.2) is 14.3 Å². The van der Waals surface area contributed by atoms with Crippen LogP contribution >= 0.6 is 0 Å². The number of anilines is 1. The van der Waals surface area contributed by atoms with Crippen molar-refractivity contribution >= 4 is 17.7 Å². The highest BCUT2D eigenvalue weighted by molar-refractivity contribution is 5.89. The van der Waals surface area contributed by atoms with Gasteiger partial charge in [0, 0.05) is 30.8 Å². The molecule has 164 valence electrons. The van der Waals surface area contributed by atoms with Crippen LogP contribution in [0.2, 0.25) is 0 Å². The third-order valence-electron chi connectivity index (χ3n) is 4.32. The van der Waals surface area contributed by atoms with E-state index in [0.29, 0.717) is 43.4 Å². The summed E-state index contributed by atoms with van der Waals surface area (Å²) in [6.45, 7) is 6.52. The van der Waals surface area contributed by atoms with Crippen LogP contribution in [0.15, 0.2) is 41.1 Å². The van der Waals surface area contributed by atoms with E-state index in [0.717, 1.165) is 5.69 Å². The first-order valence-corrected chi connectivity index (χ1v) is 10.2. The SMILES string of the molecule is CCOC(=O)c1ccn(-c2ccc(NC(=O)NCCCc3nc(C(C)C)no3)cc2)n1. The molecule has 0 saturated carbocycles. The van der Waals surface area contributed by atoms with Crippen LogP contribution in [0.3, 0.4) is 0 Å². The fourth-order valence-electron chi connectivity index (χ4n) is 2.70. The number of carbonyl (C=O) groups excluding carboxylic acids is 2. The molecule has 31 heavy (non-hydrogen) atoms. The van der Waals surface area contributed by atoms with E-state index in [1.807, 2.05) is 13.8 Å². The van der Waals surface area contributed by atoms with Crippen LogP contribution in [0.1, 0.15) is 55.3 Å². The van der Waals surface area contributed by atoms with E-state index in [1.165, 1.54) is 0 Å². The maximum Gasteiger partial charge on any atom is 0.358 e. The zero-order valence-corrected chi connectivity index (χ0v) is 17.8. The molecule has 10 nitrogen and oxygen atoms in total. The van der Waals surface area contributed by atoms with E-state index in [-0.39, 0.29) is 17.6 Å². The van der Waals surface area contributed by atoms with Gasteiger partial charge in [-0.05, 0) is 43.7 Å². The van der Waals surface area contributed by atoms with Crippen LogP contribution in [0.25, 0.3) is 5.69 Å². The number of amides is 2. The number of aryl methyl sites for hydroxylation is 1. The second-order valence-electron chi connectivity index (χ2n) is 7.10. The Kier molecular flexibility index (Phi) is 7.36. The Balaban J connectivity index is 1.44. The monoisotopic (exact) mass is 426 g/mol. The number of benzene rings is 1. The predicted molar refractivity (Wildman–Crippen MR) is 113 cm³/mol. The molecule has 0 aliphatic carbocycles. The third-order valence-corrected chi connectivity index (χ3v) is 4.32. The molecule has 3 rings (SSSR count). The molecule has 2 heterocycles. The normalized spacial score (nSPS) is 10.8. The van der Waals surface area contributed by atoms with Crippen molar-refractivity contribution in [2.24, 2.45) is 0 Å². The van der Waals surface area contributed by atoms with Gasteiger partial charge in [0.05, 0.1) is 12.3 Å². The standard InChI is InChI=1S/C21H26N6O4/c1-4-30-20(28)17-11-13-27(25-17)16-9-7-15(8-10-16)23-21(29)22-12-5-6-18-24-19(14(2)3)26-31-18/h7-11,13-14H,4-6,12H2,1-3H3,(H2,22,23,29). The molecule has 2 N–H and O–H groups in total. The highest BCUT2D eigenvalue weighted by Crippen LogP contribution is 2.14. The molecule has 0 saturated heterocycles. The predicted octanol–water partition coefficient (Wildman–Crippen LogP) is 3.31. The molecular weight excluding hydrogens is 400 g/mol. The second-order valence-corrected chi connectivity index (χ2v) is 7.10. The number of hydrogen-bond acceptors (Lipinski definition) is 7. The van der Waals surface area contributed by atoms with Crippen LogP contribution in [-0.2, 0) is 11.2 Å². The number of carbonyl (C=O) groups is 2. The number of hydrogen-bond donors (Lipinski definition) is 2. The van der Waals surface area contributed by atoms with E-state index in [1.54, 1.807) is 48.1 Å². The van der Waals surface area contributed by atoms with Crippen molar-refractivity contribution in [2.75, 3.05) is 18.5 Å². The van der Waals surface area contributed by atoms with Crippen molar-refractivity contribution < 1.29 is 18.8 Å². The Labute approximate surface area is 180 Å². The number of urea groups is 1. The highest BCUT2D eigenvalue weighted by atomic mass is 16.5. The molecule has 1 aromatic carbocycles. The van der Waals surface area contributed by atoms with E-state index in [4.69, 9.17) is 9.26 Å². The molecular formula is C21H26N6O4. The van der Waals surface area contributed by atoms with Gasteiger partial charge in [0.2, 0.25) is 5.89 Å². The van der Waals surface area contributed by atoms with Gasteiger partial charge >= 0.3 is 12.0 Å². The van der Waals surface area contributed by atoms with Gasteiger partial charge in [-0.3, -0.25) is 0 Å². The quantitative estimate of drug-likeness (QED) is 0.397. The zero-order chi connectivity index (χ0) is 22.2. The minimum atomic E-state index is -0.462. The average Bonchev–Trinajstić information content (AvgIpc) is 3.42. The summed E-state index contributed by atoms with van der Waals surface area (Å²) in [5.74, 6) is 1.03. The van der Waals surface area contributed by atoms with Crippen molar-refractivity contribution in [2.45, 2.75) is 39.5 Å². The van der Waals surface area contributed by atoms with Gasteiger partial charge in [-0.15, -0.1) is 0 Å². The number of nitrogens with one attached hydrogen (secondary N) is 2. The van der Waals surface area contributed by atoms with Crippen molar-refractivity contribution in [3.8, 4) is 5.69 Å². The number of nitrogens with zero attached hydrogens (tertiary/aromatic N) is 4. The molecule has 0 radical (unpaired) electrons. The molecule has 0 fully saturated rings. The van der Waals surface area contributed by atoms with Crippen LogP contribution in [-0.4, -0.2) is 45.1 Å². The molecule has 3 aromatic rings. The summed E-state index contributed by atoms with van der Waals surface area (Å²) in [6, 6.07) is 8.39. The summed E-state index contributed by atoms with van der Waals surface area (Å²) >= 11 is 0. The van der Waals surface area contributed by atoms with Crippen LogP contribution in [0, 0.1) is 0 Å². The van der Waals surface area contributed by atoms with E-state index >= 15 is 0 Å². The molecule has 10 heteroatoms. The first-order valence-electron chi connectivity index (χ1n) is 10.2. The van der Waals surface area contributed by atoms with Gasteiger partial charge in [-0.2, -0.15) is 10.1 Å². The summed E-state index contributed by atoms with van der Waals surface area (Å²) in [6.07, 6.45) is 2.97. The summed E-state index contributed by atoms with van der Waals surface area (Å²) in [5, 5.41) is 13.7. The maximum atomic E-state index is 12.1. The van der Waals surface area contributed by atoms with Crippen molar-refractivity contribution in [3.05, 3.63) is 53.9 Å². The summed E-state index contributed by atoms with van der Waals surface area (Å²) in [4.78, 5) is 28.1. The number of esters is 1. The first-order chi connectivity index (χ1) is 15.0. The van der Waals surface area contributed by atoms with Crippen molar-refractivity contribution in [3.63, 3.8) is 0 Å². The van der Waals surface area contributed by atoms with E-state index in [2.05, 4.69) is 25.9 Å². The van der Waals surface area contributed by atoms with Gasteiger partial charge in [-0.1, -0.05) is 19.0 Å². The average molecular weight is 426 g/mol. The molecule has 0 aliphatic rings. The first kappa shape index (κ1) is 22.0. The van der Waals surface area contributed by atoms with Gasteiger partial charge in [0.15, 0.2) is 11.5 Å². The maximum absolute atomic E-state index is 12.1. The van der Waals surface area contributed by atoms with Gasteiger partial charge in [0.1, 0.15) is 0 Å². The number of rotatable bonds is 9. The van der Waals surface area contributed by atoms with Gasteiger partial charge in [0.25, 0.3) is 0 Å². The molecule has 2 aromatic heterocycles. The third kappa shape index (κ3) is 6.14. The van der Waals surface area contributed by atoms with Crippen molar-refractivity contribution in [1.82, 2.24) is 25.2 Å². The van der Waals surface area contributed by atoms with Gasteiger partial charge < -0.3 is 19.9 Å². The minimum absolute atomic E-state index is 0.223. The highest BCUT2D eigenvalue weighted by Gasteiger charge is 2.11. The van der Waals surface area contributed by atoms with Crippen molar-refractivity contribution in [1.29, 1.82) is 0 Å². The fourth-order valence-corrected chi connectivity index (χ4v) is 2.70. The number of aromatic nitrogens is 4. The second kappa shape index (κ2) is 10.4. The Bertz CT molecular complexity index is 1010.